The summed E-state index contributed by atoms with van der Waals surface area (Å²) in [6.45, 7) is 6.33. The number of ether oxygens (including phenoxy) is 2. The van der Waals surface area contributed by atoms with Crippen LogP contribution in [0.15, 0.2) is 71.6 Å². The maximum Gasteiger partial charge on any atom is 0.182 e. The Bertz CT molecular complexity index is 1230. The predicted molar refractivity (Wildman–Crippen MR) is 132 cm³/mol. The summed E-state index contributed by atoms with van der Waals surface area (Å²) in [5.74, 6) is 0.950. The highest BCUT2D eigenvalue weighted by molar-refractivity contribution is 7.92. The van der Waals surface area contributed by atoms with Crippen LogP contribution in [0.2, 0.25) is 0 Å². The molecule has 0 radical (unpaired) electrons. The van der Waals surface area contributed by atoms with Gasteiger partial charge >= 0.3 is 0 Å². The molecule has 0 fully saturated rings. The fourth-order valence-corrected chi connectivity index (χ4v) is 6.99. The van der Waals surface area contributed by atoms with E-state index in [4.69, 9.17) is 9.47 Å². The van der Waals surface area contributed by atoms with Crippen LogP contribution < -0.4 is 9.47 Å². The lowest BCUT2D eigenvalue weighted by Gasteiger charge is -2.29. The van der Waals surface area contributed by atoms with Crippen LogP contribution in [0.3, 0.4) is 0 Å². The summed E-state index contributed by atoms with van der Waals surface area (Å²) in [6, 6.07) is 21.2. The number of rotatable bonds is 5. The van der Waals surface area contributed by atoms with E-state index in [9.17, 15) is 8.42 Å². The Balaban J connectivity index is 2.00. The highest BCUT2D eigenvalue weighted by Crippen LogP contribution is 2.49. The van der Waals surface area contributed by atoms with E-state index in [1.807, 2.05) is 61.5 Å². The molecular formula is C28H32O4S. The Hall–Kier alpha value is -2.79. The van der Waals surface area contributed by atoms with E-state index in [0.29, 0.717) is 22.8 Å². The van der Waals surface area contributed by atoms with Crippen LogP contribution in [0.4, 0.5) is 0 Å². The van der Waals surface area contributed by atoms with Crippen LogP contribution in [0.1, 0.15) is 54.9 Å². The number of hydrogen-bond donors (Lipinski definition) is 0. The van der Waals surface area contributed by atoms with E-state index in [2.05, 4.69) is 13.8 Å². The van der Waals surface area contributed by atoms with Gasteiger partial charge in [-0.3, -0.25) is 0 Å². The Morgan fingerprint density at radius 1 is 0.879 bits per heavy atom. The second-order valence-electron chi connectivity index (χ2n) is 9.50. The van der Waals surface area contributed by atoms with Crippen molar-refractivity contribution in [3.05, 3.63) is 89.0 Å². The summed E-state index contributed by atoms with van der Waals surface area (Å²) in [7, 11) is -0.352. The third-order valence-electron chi connectivity index (χ3n) is 6.95. The molecule has 1 aliphatic rings. The molecule has 0 amide bonds. The molecule has 0 N–H and O–H groups in total. The average Bonchev–Trinajstić information content (AvgIpc) is 2.92. The lowest BCUT2D eigenvalue weighted by Crippen LogP contribution is -2.29. The number of aryl methyl sites for hydroxylation is 1. The van der Waals surface area contributed by atoms with E-state index >= 15 is 0 Å². The van der Waals surface area contributed by atoms with Crippen molar-refractivity contribution < 1.29 is 17.9 Å². The van der Waals surface area contributed by atoms with Gasteiger partial charge in [-0.1, -0.05) is 61.9 Å². The number of benzene rings is 3. The fraction of sp³-hybridized carbons (Fsp3) is 0.357. The third-order valence-corrected chi connectivity index (χ3v) is 9.19. The Morgan fingerprint density at radius 2 is 1.48 bits per heavy atom. The van der Waals surface area contributed by atoms with Crippen LogP contribution in [0.5, 0.6) is 11.5 Å². The van der Waals surface area contributed by atoms with Crippen LogP contribution in [0.25, 0.3) is 0 Å². The van der Waals surface area contributed by atoms with Gasteiger partial charge in [0.1, 0.15) is 0 Å². The summed E-state index contributed by atoms with van der Waals surface area (Å²) in [5.41, 5.74) is 3.90. The van der Waals surface area contributed by atoms with Crippen LogP contribution >= 0.6 is 0 Å². The zero-order chi connectivity index (χ0) is 23.8. The number of fused-ring (bicyclic) bond motifs is 1. The van der Waals surface area contributed by atoms with Crippen LogP contribution in [-0.2, 0) is 15.3 Å². The first-order valence-corrected chi connectivity index (χ1v) is 12.9. The molecule has 33 heavy (non-hydrogen) atoms. The zero-order valence-electron chi connectivity index (χ0n) is 20.0. The van der Waals surface area contributed by atoms with E-state index < -0.39 is 15.1 Å². The third kappa shape index (κ3) is 4.26. The molecule has 3 aromatic carbocycles. The molecular weight excluding hydrogens is 432 g/mol. The van der Waals surface area contributed by atoms with Gasteiger partial charge in [-0.2, -0.15) is 0 Å². The average molecular weight is 465 g/mol. The summed E-state index contributed by atoms with van der Waals surface area (Å²) < 4.78 is 39.4. The van der Waals surface area contributed by atoms with Crippen molar-refractivity contribution in [3.63, 3.8) is 0 Å². The first-order valence-electron chi connectivity index (χ1n) is 11.3. The van der Waals surface area contributed by atoms with Gasteiger partial charge in [0.15, 0.2) is 21.3 Å². The zero-order valence-corrected chi connectivity index (χ0v) is 20.8. The highest BCUT2D eigenvalue weighted by atomic mass is 32.2. The second kappa shape index (κ2) is 8.86. The van der Waals surface area contributed by atoms with Crippen molar-refractivity contribution in [1.29, 1.82) is 0 Å². The van der Waals surface area contributed by atoms with Gasteiger partial charge in [0.25, 0.3) is 0 Å². The van der Waals surface area contributed by atoms with E-state index in [0.717, 1.165) is 28.7 Å². The molecule has 0 saturated carbocycles. The number of sulfone groups is 1. The maximum atomic E-state index is 14.1. The number of hydrogen-bond acceptors (Lipinski definition) is 4. The molecule has 0 heterocycles. The molecule has 174 valence electrons. The minimum atomic E-state index is -3.60. The normalized spacial score (nSPS) is 19.9. The van der Waals surface area contributed by atoms with Crippen molar-refractivity contribution in [3.8, 4) is 11.5 Å². The van der Waals surface area contributed by atoms with Crippen molar-refractivity contribution in [2.45, 2.75) is 55.1 Å². The largest absolute Gasteiger partial charge is 0.493 e. The molecule has 4 nitrogen and oxygen atoms in total. The van der Waals surface area contributed by atoms with Gasteiger partial charge in [-0.15, -0.1) is 0 Å². The molecule has 5 heteroatoms. The molecule has 2 atom stereocenters. The maximum absolute atomic E-state index is 14.1. The van der Waals surface area contributed by atoms with Gasteiger partial charge in [0, 0.05) is 5.92 Å². The SMILES string of the molecule is COc1cc2c(cc1OC)C(C)(C)CC[C@H](S(=O)(=O)c1ccc(C)cc1)[C@H]2c1ccccc1. The summed E-state index contributed by atoms with van der Waals surface area (Å²) in [5, 5.41) is -0.596. The smallest absolute Gasteiger partial charge is 0.182 e. The Morgan fingerprint density at radius 3 is 2.09 bits per heavy atom. The summed E-state index contributed by atoms with van der Waals surface area (Å²) in [6.07, 6.45) is 1.30. The highest BCUT2D eigenvalue weighted by Gasteiger charge is 2.43. The lowest BCUT2D eigenvalue weighted by atomic mass is 9.78. The Labute approximate surface area is 197 Å². The van der Waals surface area contributed by atoms with Gasteiger partial charge in [-0.25, -0.2) is 8.42 Å². The second-order valence-corrected chi connectivity index (χ2v) is 11.7. The fourth-order valence-electron chi connectivity index (χ4n) is 5.03. The van der Waals surface area contributed by atoms with Crippen LogP contribution in [0, 0.1) is 6.92 Å². The van der Waals surface area contributed by atoms with Gasteiger partial charge in [-0.05, 0) is 66.1 Å². The quantitative estimate of drug-likeness (QED) is 0.431. The molecule has 0 aliphatic heterocycles. The first kappa shape index (κ1) is 23.4. The molecule has 0 unspecified atom stereocenters. The van der Waals surface area contributed by atoms with E-state index in [1.165, 1.54) is 0 Å². The lowest BCUT2D eigenvalue weighted by molar-refractivity contribution is 0.352. The first-order chi connectivity index (χ1) is 15.7. The Kier molecular flexibility index (Phi) is 6.28. The van der Waals surface area contributed by atoms with E-state index in [-0.39, 0.29) is 11.3 Å². The van der Waals surface area contributed by atoms with Gasteiger partial charge in [0.2, 0.25) is 0 Å². The molecule has 1 aliphatic carbocycles. The van der Waals surface area contributed by atoms with Crippen molar-refractivity contribution in [2.75, 3.05) is 14.2 Å². The predicted octanol–water partition coefficient (Wildman–Crippen LogP) is 6.06. The molecule has 0 aromatic heterocycles. The van der Waals surface area contributed by atoms with Crippen molar-refractivity contribution in [1.82, 2.24) is 0 Å². The molecule has 4 rings (SSSR count). The summed E-state index contributed by atoms with van der Waals surface area (Å²) in [4.78, 5) is 0.376. The minimum Gasteiger partial charge on any atom is -0.493 e. The standard InChI is InChI=1S/C28H32O4S/c1-19-11-13-21(14-12-19)33(29,30)26-15-16-28(2,3)23-18-25(32-5)24(31-4)17-22(23)27(26)20-9-7-6-8-10-20/h6-14,17-18,26-27H,15-16H2,1-5H3/t26-,27-/m0/s1. The topological polar surface area (TPSA) is 52.6 Å². The molecule has 0 saturated heterocycles. The molecule has 0 spiro atoms. The van der Waals surface area contributed by atoms with E-state index in [1.54, 1.807) is 26.4 Å². The van der Waals surface area contributed by atoms with Gasteiger partial charge < -0.3 is 9.47 Å². The molecule has 3 aromatic rings. The monoisotopic (exact) mass is 464 g/mol. The van der Waals surface area contributed by atoms with Gasteiger partial charge in [0.05, 0.1) is 24.4 Å². The van der Waals surface area contributed by atoms with Crippen molar-refractivity contribution >= 4 is 9.84 Å². The summed E-state index contributed by atoms with van der Waals surface area (Å²) >= 11 is 0. The minimum absolute atomic E-state index is 0.223. The molecule has 0 bridgehead atoms. The van der Waals surface area contributed by atoms with Crippen LogP contribution in [-0.4, -0.2) is 27.9 Å². The number of methoxy groups -OCH3 is 2. The van der Waals surface area contributed by atoms with Crippen molar-refractivity contribution in [2.24, 2.45) is 0 Å².